The molecule has 0 saturated heterocycles. The molecule has 2 rings (SSSR count). The first kappa shape index (κ1) is 15.5. The lowest BCUT2D eigenvalue weighted by molar-refractivity contribution is -0.131. The maximum atomic E-state index is 13.7. The van der Waals surface area contributed by atoms with E-state index in [0.717, 1.165) is 24.6 Å². The Morgan fingerprint density at radius 1 is 1.38 bits per heavy atom. The molecular weight excluding hydrogens is 269 g/mol. The van der Waals surface area contributed by atoms with Crippen molar-refractivity contribution >= 4 is 17.7 Å². The van der Waals surface area contributed by atoms with Crippen LogP contribution in [0.1, 0.15) is 38.2 Å². The predicted molar refractivity (Wildman–Crippen MR) is 82.9 cm³/mol. The number of carboxylic acids is 1. The number of rotatable bonds is 4. The van der Waals surface area contributed by atoms with Gasteiger partial charge in [-0.25, -0.2) is 9.18 Å². The van der Waals surface area contributed by atoms with E-state index in [9.17, 15) is 9.18 Å². The van der Waals surface area contributed by atoms with Gasteiger partial charge in [-0.15, -0.1) is 0 Å². The van der Waals surface area contributed by atoms with Crippen LogP contribution in [0.15, 0.2) is 24.3 Å². The average molecular weight is 291 g/mol. The number of carbonyl (C=O) groups is 1. The average Bonchev–Trinajstić information content (AvgIpc) is 2.43. The molecule has 1 fully saturated rings. The van der Waals surface area contributed by atoms with Crippen LogP contribution in [0.2, 0.25) is 0 Å². The Hall–Kier alpha value is -1.84. The predicted octanol–water partition coefficient (Wildman–Crippen LogP) is 3.94. The maximum absolute atomic E-state index is 13.7. The molecule has 1 aliphatic carbocycles. The van der Waals surface area contributed by atoms with E-state index in [1.165, 1.54) is 31.1 Å². The molecule has 1 aliphatic rings. The van der Waals surface area contributed by atoms with Crippen LogP contribution in [-0.4, -0.2) is 24.2 Å². The van der Waals surface area contributed by atoms with Gasteiger partial charge in [-0.05, 0) is 48.6 Å². The van der Waals surface area contributed by atoms with Crippen molar-refractivity contribution < 1.29 is 14.3 Å². The van der Waals surface area contributed by atoms with E-state index in [1.807, 2.05) is 13.1 Å². The molecule has 2 unspecified atom stereocenters. The van der Waals surface area contributed by atoms with Crippen molar-refractivity contribution in [3.8, 4) is 0 Å². The normalized spacial score (nSPS) is 22.4. The second-order valence-electron chi connectivity index (χ2n) is 5.95. The van der Waals surface area contributed by atoms with E-state index in [4.69, 9.17) is 5.11 Å². The van der Waals surface area contributed by atoms with Gasteiger partial charge in [0.2, 0.25) is 0 Å². The zero-order chi connectivity index (χ0) is 15.4. The van der Waals surface area contributed by atoms with Crippen LogP contribution in [0.25, 0.3) is 6.08 Å². The number of benzene rings is 1. The highest BCUT2D eigenvalue weighted by molar-refractivity contribution is 5.85. The number of aliphatic carboxylic acids is 1. The van der Waals surface area contributed by atoms with E-state index in [2.05, 4.69) is 11.8 Å². The van der Waals surface area contributed by atoms with E-state index in [-0.39, 0.29) is 5.82 Å². The van der Waals surface area contributed by atoms with E-state index in [1.54, 1.807) is 0 Å². The molecule has 2 atom stereocenters. The fraction of sp³-hybridized carbons (Fsp3) is 0.471. The van der Waals surface area contributed by atoms with E-state index in [0.29, 0.717) is 17.5 Å². The van der Waals surface area contributed by atoms with Crippen LogP contribution in [0, 0.1) is 11.7 Å². The van der Waals surface area contributed by atoms with Crippen molar-refractivity contribution in [1.82, 2.24) is 0 Å². The number of carboxylic acid groups (broad SMARTS) is 1. The molecule has 1 aromatic carbocycles. The minimum atomic E-state index is -1.03. The molecule has 114 valence electrons. The topological polar surface area (TPSA) is 40.5 Å². The third-order valence-corrected chi connectivity index (χ3v) is 4.19. The van der Waals surface area contributed by atoms with Gasteiger partial charge < -0.3 is 10.0 Å². The van der Waals surface area contributed by atoms with Gasteiger partial charge in [-0.2, -0.15) is 0 Å². The zero-order valence-electron chi connectivity index (χ0n) is 12.6. The highest BCUT2D eigenvalue weighted by Gasteiger charge is 2.23. The van der Waals surface area contributed by atoms with E-state index < -0.39 is 5.97 Å². The summed E-state index contributed by atoms with van der Waals surface area (Å²) in [4.78, 5) is 12.7. The summed E-state index contributed by atoms with van der Waals surface area (Å²) < 4.78 is 13.7. The first-order valence-electron chi connectivity index (χ1n) is 7.40. The Morgan fingerprint density at radius 3 is 2.81 bits per heavy atom. The Morgan fingerprint density at radius 2 is 2.14 bits per heavy atom. The molecule has 4 heteroatoms. The molecule has 0 aliphatic heterocycles. The summed E-state index contributed by atoms with van der Waals surface area (Å²) in [7, 11) is 1.99. The van der Waals surface area contributed by atoms with Gasteiger partial charge in [-0.3, -0.25) is 0 Å². The van der Waals surface area contributed by atoms with Crippen LogP contribution in [0.5, 0.6) is 0 Å². The molecule has 0 spiro atoms. The van der Waals surface area contributed by atoms with Crippen molar-refractivity contribution in [3.05, 3.63) is 35.7 Å². The number of halogens is 1. The SMILES string of the molecule is CC1CCCC(N(C)c2cc(F)cc(/C=C/C(=O)O)c2)C1. The largest absolute Gasteiger partial charge is 0.478 e. The minimum Gasteiger partial charge on any atom is -0.478 e. The third kappa shape index (κ3) is 4.31. The Balaban J connectivity index is 2.20. The maximum Gasteiger partial charge on any atom is 0.328 e. The quantitative estimate of drug-likeness (QED) is 0.854. The molecule has 0 amide bonds. The number of nitrogens with zero attached hydrogens (tertiary/aromatic N) is 1. The minimum absolute atomic E-state index is 0.340. The fourth-order valence-electron chi connectivity index (χ4n) is 3.03. The molecule has 1 aromatic rings. The summed E-state index contributed by atoms with van der Waals surface area (Å²) in [5.74, 6) is -0.672. The molecule has 1 N–H and O–H groups in total. The summed E-state index contributed by atoms with van der Waals surface area (Å²) in [6, 6.07) is 5.12. The van der Waals surface area contributed by atoms with Crippen molar-refractivity contribution in [1.29, 1.82) is 0 Å². The van der Waals surface area contributed by atoms with Crippen molar-refractivity contribution in [2.45, 2.75) is 38.6 Å². The second-order valence-corrected chi connectivity index (χ2v) is 5.95. The number of hydrogen-bond donors (Lipinski definition) is 1. The first-order valence-corrected chi connectivity index (χ1v) is 7.40. The third-order valence-electron chi connectivity index (χ3n) is 4.19. The van der Waals surface area contributed by atoms with Gasteiger partial charge in [0.1, 0.15) is 5.82 Å². The summed E-state index contributed by atoms with van der Waals surface area (Å²) >= 11 is 0. The van der Waals surface area contributed by atoms with Crippen LogP contribution >= 0.6 is 0 Å². The summed E-state index contributed by atoms with van der Waals surface area (Å²) in [5, 5.41) is 8.66. The Kier molecular flexibility index (Phi) is 4.99. The van der Waals surface area contributed by atoms with Gasteiger partial charge >= 0.3 is 5.97 Å². The molecule has 0 bridgehead atoms. The fourth-order valence-corrected chi connectivity index (χ4v) is 3.03. The van der Waals surface area contributed by atoms with Crippen molar-refractivity contribution in [2.75, 3.05) is 11.9 Å². The van der Waals surface area contributed by atoms with Crippen LogP contribution in [-0.2, 0) is 4.79 Å². The van der Waals surface area contributed by atoms with Crippen LogP contribution in [0.4, 0.5) is 10.1 Å². The van der Waals surface area contributed by atoms with Crippen molar-refractivity contribution in [2.24, 2.45) is 5.92 Å². The lowest BCUT2D eigenvalue weighted by atomic mass is 9.86. The monoisotopic (exact) mass is 291 g/mol. The Bertz CT molecular complexity index is 542. The second kappa shape index (κ2) is 6.74. The number of hydrogen-bond acceptors (Lipinski definition) is 2. The summed E-state index contributed by atoms with van der Waals surface area (Å²) in [6.45, 7) is 2.26. The highest BCUT2D eigenvalue weighted by atomic mass is 19.1. The molecule has 21 heavy (non-hydrogen) atoms. The standard InChI is InChI=1S/C17H22FNO2/c1-12-4-3-5-15(8-12)19(2)16-10-13(6-7-17(20)21)9-14(18)11-16/h6-7,9-12,15H,3-5,8H2,1-2H3,(H,20,21)/b7-6+. The van der Waals surface area contributed by atoms with Gasteiger partial charge in [0.25, 0.3) is 0 Å². The van der Waals surface area contributed by atoms with Gasteiger partial charge in [0.05, 0.1) is 0 Å². The molecule has 0 heterocycles. The molecule has 0 aromatic heterocycles. The lowest BCUT2D eigenvalue weighted by Gasteiger charge is -2.35. The van der Waals surface area contributed by atoms with Crippen molar-refractivity contribution in [3.63, 3.8) is 0 Å². The van der Waals surface area contributed by atoms with Crippen LogP contribution in [0.3, 0.4) is 0 Å². The summed E-state index contributed by atoms with van der Waals surface area (Å²) in [5.41, 5.74) is 1.38. The zero-order valence-corrected chi connectivity index (χ0v) is 12.6. The smallest absolute Gasteiger partial charge is 0.328 e. The van der Waals surface area contributed by atoms with Gasteiger partial charge in [0, 0.05) is 24.9 Å². The Labute approximate surface area is 125 Å². The van der Waals surface area contributed by atoms with Gasteiger partial charge in [-0.1, -0.05) is 19.8 Å². The van der Waals surface area contributed by atoms with Crippen LogP contribution < -0.4 is 4.90 Å². The molecule has 1 saturated carbocycles. The van der Waals surface area contributed by atoms with Gasteiger partial charge in [0.15, 0.2) is 0 Å². The first-order chi connectivity index (χ1) is 9.95. The molecule has 0 radical (unpaired) electrons. The lowest BCUT2D eigenvalue weighted by Crippen LogP contribution is -2.35. The van der Waals surface area contributed by atoms with E-state index >= 15 is 0 Å². The summed E-state index contributed by atoms with van der Waals surface area (Å²) in [6.07, 6.45) is 7.16. The molecule has 3 nitrogen and oxygen atoms in total. The number of anilines is 1. The molecular formula is C17H22FNO2. The highest BCUT2D eigenvalue weighted by Crippen LogP contribution is 2.30.